The fourth-order valence-corrected chi connectivity index (χ4v) is 3.54. The van der Waals surface area contributed by atoms with E-state index in [-0.39, 0.29) is 0 Å². The molecule has 2 fully saturated rings. The average Bonchev–Trinajstić information content (AvgIpc) is 2.95. The largest absolute Gasteiger partial charge is 0.375 e. The van der Waals surface area contributed by atoms with Crippen LogP contribution in [0.15, 0.2) is 24.3 Å². The first kappa shape index (κ1) is 14.1. The first-order chi connectivity index (χ1) is 9.86. The number of rotatable bonds is 5. The van der Waals surface area contributed by atoms with Crippen molar-refractivity contribution in [1.29, 1.82) is 0 Å². The molecule has 0 amide bonds. The molecule has 1 saturated heterocycles. The zero-order chi connectivity index (χ0) is 13.8. The van der Waals surface area contributed by atoms with Gasteiger partial charge in [0.15, 0.2) is 0 Å². The fourth-order valence-electron chi connectivity index (χ4n) is 3.54. The summed E-state index contributed by atoms with van der Waals surface area (Å²) in [4.78, 5) is 2.63. The predicted molar refractivity (Wildman–Crippen MR) is 81.6 cm³/mol. The minimum absolute atomic E-state index is 0.494. The van der Waals surface area contributed by atoms with E-state index in [1.54, 1.807) is 0 Å². The highest BCUT2D eigenvalue weighted by atomic mass is 16.5. The van der Waals surface area contributed by atoms with Crippen LogP contribution < -0.4 is 5.32 Å². The predicted octanol–water partition coefficient (Wildman–Crippen LogP) is 2.55. The van der Waals surface area contributed by atoms with E-state index in [0.29, 0.717) is 12.1 Å². The standard InChI is InChI=1S/C17H26N2O/c1-2-18-12-14-5-3-6-15(11-14)13-19-9-10-20-17-8-4-7-16(17)19/h3,5-6,11,16-18H,2,4,7-10,12-13H2,1H3. The topological polar surface area (TPSA) is 24.5 Å². The SMILES string of the molecule is CCNCc1cccc(CN2CCOC3CCCC32)c1. The molecular formula is C17H26N2O. The van der Waals surface area contributed by atoms with E-state index in [0.717, 1.165) is 32.8 Å². The normalized spacial score (nSPS) is 26.6. The van der Waals surface area contributed by atoms with Crippen LogP contribution in [0.4, 0.5) is 0 Å². The summed E-state index contributed by atoms with van der Waals surface area (Å²) >= 11 is 0. The Bertz CT molecular complexity index is 435. The van der Waals surface area contributed by atoms with Crippen molar-refractivity contribution in [3.05, 3.63) is 35.4 Å². The molecule has 2 unspecified atom stereocenters. The maximum absolute atomic E-state index is 5.89. The van der Waals surface area contributed by atoms with E-state index in [9.17, 15) is 0 Å². The highest BCUT2D eigenvalue weighted by Gasteiger charge is 2.35. The molecule has 1 aliphatic heterocycles. The summed E-state index contributed by atoms with van der Waals surface area (Å²) in [6, 6.07) is 9.66. The van der Waals surface area contributed by atoms with Gasteiger partial charge in [-0.2, -0.15) is 0 Å². The second kappa shape index (κ2) is 6.70. The van der Waals surface area contributed by atoms with Gasteiger partial charge in [-0.3, -0.25) is 4.90 Å². The summed E-state index contributed by atoms with van der Waals surface area (Å²) in [5.74, 6) is 0. The monoisotopic (exact) mass is 274 g/mol. The van der Waals surface area contributed by atoms with Gasteiger partial charge < -0.3 is 10.1 Å². The van der Waals surface area contributed by atoms with Gasteiger partial charge in [-0.1, -0.05) is 31.2 Å². The van der Waals surface area contributed by atoms with Crippen molar-refractivity contribution < 1.29 is 4.74 Å². The number of benzene rings is 1. The molecule has 20 heavy (non-hydrogen) atoms. The van der Waals surface area contributed by atoms with E-state index in [4.69, 9.17) is 4.74 Å². The molecule has 1 heterocycles. The van der Waals surface area contributed by atoms with Gasteiger partial charge in [-0.25, -0.2) is 0 Å². The summed E-state index contributed by atoms with van der Waals surface area (Å²) in [5.41, 5.74) is 2.83. The van der Waals surface area contributed by atoms with Gasteiger partial charge in [-0.15, -0.1) is 0 Å². The number of nitrogens with one attached hydrogen (secondary N) is 1. The molecule has 2 atom stereocenters. The van der Waals surface area contributed by atoms with E-state index in [1.807, 2.05) is 0 Å². The molecule has 110 valence electrons. The summed E-state index contributed by atoms with van der Waals surface area (Å²) < 4.78 is 5.89. The Kier molecular flexibility index (Phi) is 4.71. The third-order valence-corrected chi connectivity index (χ3v) is 4.55. The molecule has 0 bridgehead atoms. The zero-order valence-electron chi connectivity index (χ0n) is 12.5. The van der Waals surface area contributed by atoms with Gasteiger partial charge in [0.1, 0.15) is 0 Å². The molecule has 0 spiro atoms. The number of hydrogen-bond acceptors (Lipinski definition) is 3. The summed E-state index contributed by atoms with van der Waals surface area (Å²) in [5, 5.41) is 3.40. The lowest BCUT2D eigenvalue weighted by molar-refractivity contribution is -0.0588. The minimum Gasteiger partial charge on any atom is -0.375 e. The first-order valence-electron chi connectivity index (χ1n) is 8.01. The number of morpholine rings is 1. The highest BCUT2D eigenvalue weighted by Crippen LogP contribution is 2.30. The lowest BCUT2D eigenvalue weighted by Crippen LogP contribution is -2.47. The third-order valence-electron chi connectivity index (χ3n) is 4.55. The van der Waals surface area contributed by atoms with Crippen molar-refractivity contribution in [3.63, 3.8) is 0 Å². The molecule has 3 heteroatoms. The molecule has 1 saturated carbocycles. The fraction of sp³-hybridized carbons (Fsp3) is 0.647. The molecule has 1 aliphatic carbocycles. The van der Waals surface area contributed by atoms with Gasteiger partial charge in [-0.05, 0) is 36.9 Å². The van der Waals surface area contributed by atoms with Crippen LogP contribution in [0.5, 0.6) is 0 Å². The maximum Gasteiger partial charge on any atom is 0.0731 e. The van der Waals surface area contributed by atoms with Gasteiger partial charge in [0.05, 0.1) is 12.7 Å². The minimum atomic E-state index is 0.494. The van der Waals surface area contributed by atoms with Gasteiger partial charge in [0.25, 0.3) is 0 Å². The van der Waals surface area contributed by atoms with Crippen LogP contribution in [-0.2, 0) is 17.8 Å². The van der Waals surface area contributed by atoms with Crippen LogP contribution >= 0.6 is 0 Å². The average molecular weight is 274 g/mol. The van der Waals surface area contributed by atoms with E-state index in [2.05, 4.69) is 41.4 Å². The molecular weight excluding hydrogens is 248 g/mol. The Labute approximate surface area is 122 Å². The number of ether oxygens (including phenoxy) is 1. The number of hydrogen-bond donors (Lipinski definition) is 1. The summed E-state index contributed by atoms with van der Waals surface area (Å²) in [7, 11) is 0. The maximum atomic E-state index is 5.89. The molecule has 2 aliphatic rings. The molecule has 1 aromatic carbocycles. The Hall–Kier alpha value is -0.900. The first-order valence-corrected chi connectivity index (χ1v) is 8.01. The second-order valence-electron chi connectivity index (χ2n) is 5.98. The van der Waals surface area contributed by atoms with Crippen molar-refractivity contribution >= 4 is 0 Å². The Morgan fingerprint density at radius 2 is 2.20 bits per heavy atom. The van der Waals surface area contributed by atoms with Crippen molar-refractivity contribution in [1.82, 2.24) is 10.2 Å². The second-order valence-corrected chi connectivity index (χ2v) is 5.98. The van der Waals surface area contributed by atoms with Crippen molar-refractivity contribution in [2.75, 3.05) is 19.7 Å². The zero-order valence-corrected chi connectivity index (χ0v) is 12.5. The van der Waals surface area contributed by atoms with Crippen LogP contribution in [0.3, 0.4) is 0 Å². The molecule has 3 rings (SSSR count). The Morgan fingerprint density at radius 1 is 1.30 bits per heavy atom. The highest BCUT2D eigenvalue weighted by molar-refractivity contribution is 5.23. The van der Waals surface area contributed by atoms with Crippen LogP contribution in [-0.4, -0.2) is 36.7 Å². The lowest BCUT2D eigenvalue weighted by atomic mass is 10.1. The van der Waals surface area contributed by atoms with Crippen molar-refractivity contribution in [3.8, 4) is 0 Å². The van der Waals surface area contributed by atoms with Crippen LogP contribution in [0.25, 0.3) is 0 Å². The molecule has 0 radical (unpaired) electrons. The van der Waals surface area contributed by atoms with Crippen LogP contribution in [0.1, 0.15) is 37.3 Å². The van der Waals surface area contributed by atoms with Crippen LogP contribution in [0, 0.1) is 0 Å². The molecule has 0 aromatic heterocycles. The van der Waals surface area contributed by atoms with Gasteiger partial charge in [0.2, 0.25) is 0 Å². The quantitative estimate of drug-likeness (QED) is 0.893. The summed E-state index contributed by atoms with van der Waals surface area (Å²) in [6.07, 6.45) is 4.38. The van der Waals surface area contributed by atoms with Crippen LogP contribution in [0.2, 0.25) is 0 Å². The van der Waals surface area contributed by atoms with Gasteiger partial charge in [0, 0.05) is 25.7 Å². The third kappa shape index (κ3) is 3.22. The molecule has 1 aromatic rings. The summed E-state index contributed by atoms with van der Waals surface area (Å²) in [6.45, 7) is 7.20. The molecule has 3 nitrogen and oxygen atoms in total. The smallest absolute Gasteiger partial charge is 0.0731 e. The number of nitrogens with zero attached hydrogens (tertiary/aromatic N) is 1. The van der Waals surface area contributed by atoms with E-state index < -0.39 is 0 Å². The Balaban J connectivity index is 1.64. The van der Waals surface area contributed by atoms with E-state index in [1.165, 1.54) is 30.4 Å². The van der Waals surface area contributed by atoms with E-state index >= 15 is 0 Å². The Morgan fingerprint density at radius 3 is 3.10 bits per heavy atom. The van der Waals surface area contributed by atoms with Gasteiger partial charge >= 0.3 is 0 Å². The number of fused-ring (bicyclic) bond motifs is 1. The van der Waals surface area contributed by atoms with Crippen molar-refractivity contribution in [2.45, 2.75) is 51.4 Å². The lowest BCUT2D eigenvalue weighted by Gasteiger charge is -2.37. The van der Waals surface area contributed by atoms with Crippen molar-refractivity contribution in [2.24, 2.45) is 0 Å². The molecule has 1 N–H and O–H groups in total.